The average Bonchev–Trinajstić information content (AvgIpc) is 2.79. The fraction of sp³-hybridized carbons (Fsp3) is 0.700. The number of aryl methyl sites for hydroxylation is 1. The van der Waals surface area contributed by atoms with E-state index in [0.29, 0.717) is 5.92 Å². The summed E-state index contributed by atoms with van der Waals surface area (Å²) in [6.07, 6.45) is 2.90. The maximum Gasteiger partial charge on any atom is 0.211 e. The summed E-state index contributed by atoms with van der Waals surface area (Å²) in [6.45, 7) is 4.10. The number of hydrogen-bond donors (Lipinski definition) is 2. The van der Waals surface area contributed by atoms with Crippen molar-refractivity contribution >= 4 is 0 Å². The first-order valence-corrected chi connectivity index (χ1v) is 5.11. The second kappa shape index (κ2) is 4.11. The van der Waals surface area contributed by atoms with Crippen LogP contribution in [0.25, 0.3) is 0 Å². The fourth-order valence-corrected chi connectivity index (χ4v) is 2.04. The molecule has 2 rings (SSSR count). The molecule has 1 aromatic rings. The van der Waals surface area contributed by atoms with Gasteiger partial charge in [0.25, 0.3) is 0 Å². The molecule has 1 fully saturated rings. The standard InChI is InChI=1S/C10H17N3O/c1-7-6-14-10(13-7)9(11-2)8-3-4-12-5-8/h6,8-9,11-12H,3-5H2,1-2H3. The first-order chi connectivity index (χ1) is 6.81. The second-order valence-corrected chi connectivity index (χ2v) is 3.85. The topological polar surface area (TPSA) is 50.1 Å². The van der Waals surface area contributed by atoms with Crippen molar-refractivity contribution < 1.29 is 4.42 Å². The van der Waals surface area contributed by atoms with Gasteiger partial charge < -0.3 is 15.1 Å². The van der Waals surface area contributed by atoms with Crippen LogP contribution in [-0.4, -0.2) is 25.1 Å². The van der Waals surface area contributed by atoms with Gasteiger partial charge in [0.15, 0.2) is 0 Å². The summed E-state index contributed by atoms with van der Waals surface area (Å²) in [7, 11) is 1.96. The van der Waals surface area contributed by atoms with E-state index >= 15 is 0 Å². The van der Waals surface area contributed by atoms with E-state index in [2.05, 4.69) is 15.6 Å². The van der Waals surface area contributed by atoms with Crippen LogP contribution >= 0.6 is 0 Å². The molecule has 0 saturated carbocycles. The molecule has 1 aliphatic heterocycles. The number of oxazole rings is 1. The predicted octanol–water partition coefficient (Wildman–Crippen LogP) is 0.853. The highest BCUT2D eigenvalue weighted by Crippen LogP contribution is 2.25. The highest BCUT2D eigenvalue weighted by molar-refractivity contribution is 5.00. The van der Waals surface area contributed by atoms with Crippen LogP contribution in [0.2, 0.25) is 0 Å². The molecular weight excluding hydrogens is 178 g/mol. The molecule has 0 spiro atoms. The quantitative estimate of drug-likeness (QED) is 0.751. The highest BCUT2D eigenvalue weighted by Gasteiger charge is 2.28. The molecule has 1 aliphatic rings. The first kappa shape index (κ1) is 9.68. The van der Waals surface area contributed by atoms with E-state index in [4.69, 9.17) is 4.42 Å². The van der Waals surface area contributed by atoms with Crippen molar-refractivity contribution in [3.8, 4) is 0 Å². The van der Waals surface area contributed by atoms with Crippen LogP contribution < -0.4 is 10.6 Å². The van der Waals surface area contributed by atoms with Gasteiger partial charge in [-0.2, -0.15) is 0 Å². The van der Waals surface area contributed by atoms with Gasteiger partial charge in [-0.05, 0) is 39.4 Å². The lowest BCUT2D eigenvalue weighted by atomic mass is 9.99. The van der Waals surface area contributed by atoms with E-state index < -0.39 is 0 Å². The molecule has 0 aliphatic carbocycles. The molecule has 2 atom stereocenters. The maximum absolute atomic E-state index is 5.43. The third-order valence-corrected chi connectivity index (χ3v) is 2.78. The number of aromatic nitrogens is 1. The molecule has 0 amide bonds. The third-order valence-electron chi connectivity index (χ3n) is 2.78. The van der Waals surface area contributed by atoms with E-state index in [9.17, 15) is 0 Å². The second-order valence-electron chi connectivity index (χ2n) is 3.85. The predicted molar refractivity (Wildman–Crippen MR) is 54.0 cm³/mol. The minimum absolute atomic E-state index is 0.249. The Labute approximate surface area is 84.1 Å². The average molecular weight is 195 g/mol. The molecule has 14 heavy (non-hydrogen) atoms. The number of nitrogens with zero attached hydrogens (tertiary/aromatic N) is 1. The molecule has 4 heteroatoms. The van der Waals surface area contributed by atoms with Crippen LogP contribution in [0.3, 0.4) is 0 Å². The van der Waals surface area contributed by atoms with Gasteiger partial charge in [-0.3, -0.25) is 0 Å². The summed E-state index contributed by atoms with van der Waals surface area (Å²) in [5.74, 6) is 1.41. The van der Waals surface area contributed by atoms with Crippen LogP contribution in [0, 0.1) is 12.8 Å². The summed E-state index contributed by atoms with van der Waals surface area (Å²) in [6, 6.07) is 0.249. The lowest BCUT2D eigenvalue weighted by Crippen LogP contribution is -2.27. The zero-order valence-corrected chi connectivity index (χ0v) is 8.71. The SMILES string of the molecule is CNC(c1nc(C)co1)C1CCNC1. The van der Waals surface area contributed by atoms with Crippen LogP contribution in [-0.2, 0) is 0 Å². The third kappa shape index (κ3) is 1.81. The summed E-state index contributed by atoms with van der Waals surface area (Å²) in [4.78, 5) is 4.37. The van der Waals surface area contributed by atoms with Crippen molar-refractivity contribution in [3.63, 3.8) is 0 Å². The lowest BCUT2D eigenvalue weighted by molar-refractivity contribution is 0.330. The summed E-state index contributed by atoms with van der Waals surface area (Å²) < 4.78 is 5.43. The van der Waals surface area contributed by atoms with E-state index in [0.717, 1.165) is 24.7 Å². The summed E-state index contributed by atoms with van der Waals surface area (Å²) in [5, 5.41) is 6.63. The van der Waals surface area contributed by atoms with E-state index in [1.54, 1.807) is 6.26 Å². The summed E-state index contributed by atoms with van der Waals surface area (Å²) in [5.41, 5.74) is 0.950. The number of hydrogen-bond acceptors (Lipinski definition) is 4. The normalized spacial score (nSPS) is 24.0. The largest absolute Gasteiger partial charge is 0.447 e. The summed E-state index contributed by atoms with van der Waals surface area (Å²) >= 11 is 0. The zero-order chi connectivity index (χ0) is 9.97. The molecule has 2 heterocycles. The monoisotopic (exact) mass is 195 g/mol. The fourth-order valence-electron chi connectivity index (χ4n) is 2.04. The van der Waals surface area contributed by atoms with Gasteiger partial charge in [-0.15, -0.1) is 0 Å². The van der Waals surface area contributed by atoms with E-state index in [1.165, 1.54) is 6.42 Å². The Balaban J connectivity index is 2.12. The molecule has 78 valence electrons. The van der Waals surface area contributed by atoms with Crippen LogP contribution in [0.5, 0.6) is 0 Å². The van der Waals surface area contributed by atoms with Gasteiger partial charge in [0.2, 0.25) is 5.89 Å². The van der Waals surface area contributed by atoms with E-state index in [-0.39, 0.29) is 6.04 Å². The van der Waals surface area contributed by atoms with Crippen LogP contribution in [0.1, 0.15) is 24.0 Å². The smallest absolute Gasteiger partial charge is 0.211 e. The Hall–Kier alpha value is -0.870. The van der Waals surface area contributed by atoms with Gasteiger partial charge in [0.1, 0.15) is 6.26 Å². The Kier molecular flexibility index (Phi) is 2.84. The number of nitrogens with one attached hydrogen (secondary N) is 2. The minimum atomic E-state index is 0.249. The van der Waals surface area contributed by atoms with Crippen molar-refractivity contribution in [2.45, 2.75) is 19.4 Å². The molecular formula is C10H17N3O. The van der Waals surface area contributed by atoms with Crippen molar-refractivity contribution in [3.05, 3.63) is 17.8 Å². The van der Waals surface area contributed by atoms with Gasteiger partial charge in [0, 0.05) is 0 Å². The van der Waals surface area contributed by atoms with Gasteiger partial charge >= 0.3 is 0 Å². The van der Waals surface area contributed by atoms with Crippen LogP contribution in [0.15, 0.2) is 10.7 Å². The Bertz CT molecular complexity index is 291. The molecule has 2 unspecified atom stereocenters. The lowest BCUT2D eigenvalue weighted by Gasteiger charge is -2.18. The molecule has 1 saturated heterocycles. The Morgan fingerprint density at radius 1 is 1.71 bits per heavy atom. The Morgan fingerprint density at radius 3 is 3.07 bits per heavy atom. The molecule has 4 nitrogen and oxygen atoms in total. The van der Waals surface area contributed by atoms with Gasteiger partial charge in [0.05, 0.1) is 11.7 Å². The van der Waals surface area contributed by atoms with Crippen molar-refractivity contribution in [2.24, 2.45) is 5.92 Å². The minimum Gasteiger partial charge on any atom is -0.447 e. The molecule has 1 aromatic heterocycles. The first-order valence-electron chi connectivity index (χ1n) is 5.11. The van der Waals surface area contributed by atoms with Crippen LogP contribution in [0.4, 0.5) is 0 Å². The van der Waals surface area contributed by atoms with Gasteiger partial charge in [-0.25, -0.2) is 4.98 Å². The zero-order valence-electron chi connectivity index (χ0n) is 8.71. The molecule has 0 radical (unpaired) electrons. The van der Waals surface area contributed by atoms with E-state index in [1.807, 2.05) is 14.0 Å². The van der Waals surface area contributed by atoms with Crippen molar-refractivity contribution in [2.75, 3.05) is 20.1 Å². The highest BCUT2D eigenvalue weighted by atomic mass is 16.3. The Morgan fingerprint density at radius 2 is 2.57 bits per heavy atom. The molecule has 2 N–H and O–H groups in total. The molecule has 0 bridgehead atoms. The molecule has 0 aromatic carbocycles. The van der Waals surface area contributed by atoms with Crippen molar-refractivity contribution in [1.29, 1.82) is 0 Å². The van der Waals surface area contributed by atoms with Crippen molar-refractivity contribution in [1.82, 2.24) is 15.6 Å². The number of rotatable bonds is 3. The maximum atomic E-state index is 5.43. The van der Waals surface area contributed by atoms with Gasteiger partial charge in [-0.1, -0.05) is 0 Å².